The molecule has 2 atom stereocenters. The number of ether oxygens (including phenoxy) is 1. The van der Waals surface area contributed by atoms with Gasteiger partial charge in [-0.3, -0.25) is 9.89 Å². The van der Waals surface area contributed by atoms with Gasteiger partial charge in [-0.1, -0.05) is 29.8 Å². The summed E-state index contributed by atoms with van der Waals surface area (Å²) in [7, 11) is 0. The Kier molecular flexibility index (Phi) is 2.44. The SMILES string of the molecule is O=C1OCC2=Nc3[nH]ncc3C(c3ccccc3Cl)C12. The van der Waals surface area contributed by atoms with Crippen LogP contribution in [0.2, 0.25) is 5.02 Å². The van der Waals surface area contributed by atoms with Gasteiger partial charge in [0.25, 0.3) is 0 Å². The van der Waals surface area contributed by atoms with Gasteiger partial charge < -0.3 is 4.74 Å². The molecule has 1 fully saturated rings. The third-order valence-electron chi connectivity index (χ3n) is 3.79. The average Bonchev–Trinajstić information content (AvgIpc) is 3.05. The number of aromatic nitrogens is 2. The number of carbonyl (C=O) groups is 1. The van der Waals surface area contributed by atoms with E-state index >= 15 is 0 Å². The molecule has 1 saturated heterocycles. The first kappa shape index (κ1) is 11.7. The summed E-state index contributed by atoms with van der Waals surface area (Å²) in [6.45, 7) is 0.239. The van der Waals surface area contributed by atoms with E-state index in [4.69, 9.17) is 16.3 Å². The van der Waals surface area contributed by atoms with Gasteiger partial charge in [-0.15, -0.1) is 0 Å². The van der Waals surface area contributed by atoms with E-state index in [1.165, 1.54) is 0 Å². The van der Waals surface area contributed by atoms with Crippen LogP contribution in [0.4, 0.5) is 5.82 Å². The molecule has 0 amide bonds. The molecule has 0 spiro atoms. The Hall–Kier alpha value is -2.14. The van der Waals surface area contributed by atoms with Crippen molar-refractivity contribution in [1.82, 2.24) is 10.2 Å². The van der Waals surface area contributed by atoms with Crippen LogP contribution in [0.3, 0.4) is 0 Å². The van der Waals surface area contributed by atoms with E-state index in [2.05, 4.69) is 15.2 Å². The van der Waals surface area contributed by atoms with Gasteiger partial charge >= 0.3 is 5.97 Å². The van der Waals surface area contributed by atoms with Crippen molar-refractivity contribution < 1.29 is 9.53 Å². The number of aromatic amines is 1. The number of halogens is 1. The fourth-order valence-electron chi connectivity index (χ4n) is 2.89. The second kappa shape index (κ2) is 4.18. The summed E-state index contributed by atoms with van der Waals surface area (Å²) < 4.78 is 5.14. The molecule has 0 aliphatic carbocycles. The monoisotopic (exact) mass is 287 g/mol. The highest BCUT2D eigenvalue weighted by molar-refractivity contribution is 6.31. The van der Waals surface area contributed by atoms with Gasteiger partial charge in [0, 0.05) is 16.5 Å². The molecule has 0 radical (unpaired) electrons. The Bertz CT molecular complexity index is 738. The summed E-state index contributed by atoms with van der Waals surface area (Å²) in [6, 6.07) is 7.53. The molecule has 1 aromatic carbocycles. The second-order valence-electron chi connectivity index (χ2n) is 4.86. The molecule has 1 N–H and O–H groups in total. The fraction of sp³-hybridized carbons (Fsp3) is 0.214. The number of esters is 1. The van der Waals surface area contributed by atoms with Crippen molar-refractivity contribution in [2.24, 2.45) is 10.9 Å². The maximum absolute atomic E-state index is 12.1. The van der Waals surface area contributed by atoms with E-state index in [0.717, 1.165) is 16.8 Å². The van der Waals surface area contributed by atoms with Crippen molar-refractivity contribution in [3.8, 4) is 0 Å². The van der Waals surface area contributed by atoms with Crippen molar-refractivity contribution in [3.63, 3.8) is 0 Å². The highest BCUT2D eigenvalue weighted by atomic mass is 35.5. The summed E-state index contributed by atoms with van der Waals surface area (Å²) in [4.78, 5) is 16.5. The summed E-state index contributed by atoms with van der Waals surface area (Å²) in [5.74, 6) is -0.167. The minimum atomic E-state index is -0.403. The number of fused-ring (bicyclic) bond motifs is 2. The zero-order valence-electron chi connectivity index (χ0n) is 10.3. The van der Waals surface area contributed by atoms with Crippen LogP contribution < -0.4 is 0 Å². The normalized spacial score (nSPS) is 23.9. The number of nitrogens with zero attached hydrogens (tertiary/aromatic N) is 2. The van der Waals surface area contributed by atoms with Gasteiger partial charge in [-0.25, -0.2) is 4.99 Å². The van der Waals surface area contributed by atoms with E-state index in [-0.39, 0.29) is 18.5 Å². The molecule has 6 heteroatoms. The Morgan fingerprint density at radius 1 is 1.25 bits per heavy atom. The highest BCUT2D eigenvalue weighted by Gasteiger charge is 2.45. The average molecular weight is 288 g/mol. The van der Waals surface area contributed by atoms with Crippen LogP contribution in [0.5, 0.6) is 0 Å². The van der Waals surface area contributed by atoms with Crippen molar-refractivity contribution in [1.29, 1.82) is 0 Å². The standard InChI is InChI=1S/C14H10ClN3O2/c15-9-4-2-1-3-7(9)11-8-5-16-18-13(8)17-10-6-20-14(19)12(10)11/h1-5,11-12H,6H2,(H,16,18). The lowest BCUT2D eigenvalue weighted by Crippen LogP contribution is -2.27. The van der Waals surface area contributed by atoms with Crippen molar-refractivity contribution in [2.75, 3.05) is 6.61 Å². The van der Waals surface area contributed by atoms with E-state index < -0.39 is 5.92 Å². The molecule has 1 aromatic heterocycles. The lowest BCUT2D eigenvalue weighted by molar-refractivity contribution is -0.141. The maximum atomic E-state index is 12.1. The predicted octanol–water partition coefficient (Wildman–Crippen LogP) is 2.45. The van der Waals surface area contributed by atoms with Gasteiger partial charge in [0.05, 0.1) is 11.9 Å². The first-order valence-corrected chi connectivity index (χ1v) is 6.65. The number of benzene rings is 1. The minimum Gasteiger partial charge on any atom is -0.459 e. The number of nitrogens with one attached hydrogen (secondary N) is 1. The fourth-order valence-corrected chi connectivity index (χ4v) is 3.15. The third kappa shape index (κ3) is 1.53. The number of aliphatic imine (C=N–C) groups is 1. The second-order valence-corrected chi connectivity index (χ2v) is 5.27. The van der Waals surface area contributed by atoms with Crippen molar-refractivity contribution >= 4 is 29.1 Å². The summed E-state index contributed by atoms with van der Waals surface area (Å²) in [6.07, 6.45) is 1.70. The molecule has 3 heterocycles. The molecule has 0 saturated carbocycles. The Balaban J connectivity index is 1.95. The quantitative estimate of drug-likeness (QED) is 0.819. The number of H-pyrrole nitrogens is 1. The first-order chi connectivity index (χ1) is 9.75. The summed E-state index contributed by atoms with van der Waals surface area (Å²) in [5.41, 5.74) is 2.51. The Morgan fingerprint density at radius 2 is 2.10 bits per heavy atom. The van der Waals surface area contributed by atoms with Crippen LogP contribution in [-0.2, 0) is 9.53 Å². The molecular weight excluding hydrogens is 278 g/mol. The lowest BCUT2D eigenvalue weighted by atomic mass is 9.78. The summed E-state index contributed by atoms with van der Waals surface area (Å²) >= 11 is 6.31. The number of carbonyl (C=O) groups excluding carboxylic acids is 1. The summed E-state index contributed by atoms with van der Waals surface area (Å²) in [5, 5.41) is 7.52. The Morgan fingerprint density at radius 3 is 2.95 bits per heavy atom. The largest absolute Gasteiger partial charge is 0.459 e. The molecule has 2 aliphatic rings. The van der Waals surface area contributed by atoms with Crippen LogP contribution in [0, 0.1) is 5.92 Å². The lowest BCUT2D eigenvalue weighted by Gasteiger charge is -2.25. The highest BCUT2D eigenvalue weighted by Crippen LogP contribution is 2.45. The number of rotatable bonds is 1. The van der Waals surface area contributed by atoms with Crippen molar-refractivity contribution in [3.05, 3.63) is 46.6 Å². The van der Waals surface area contributed by atoms with Crippen LogP contribution in [0.15, 0.2) is 35.5 Å². The van der Waals surface area contributed by atoms with Gasteiger partial charge in [0.2, 0.25) is 0 Å². The smallest absolute Gasteiger partial charge is 0.316 e. The van der Waals surface area contributed by atoms with Crippen LogP contribution >= 0.6 is 11.6 Å². The topological polar surface area (TPSA) is 67.3 Å². The minimum absolute atomic E-state index is 0.194. The first-order valence-electron chi connectivity index (χ1n) is 6.27. The Labute approximate surface area is 119 Å². The zero-order valence-corrected chi connectivity index (χ0v) is 11.1. The van der Waals surface area contributed by atoms with Gasteiger partial charge in [-0.2, -0.15) is 5.10 Å². The number of cyclic esters (lactones) is 1. The molecule has 100 valence electrons. The zero-order chi connectivity index (χ0) is 13.7. The van der Waals surface area contributed by atoms with E-state index in [0.29, 0.717) is 10.8 Å². The van der Waals surface area contributed by atoms with E-state index in [9.17, 15) is 4.79 Å². The number of hydrogen-bond acceptors (Lipinski definition) is 4. The van der Waals surface area contributed by atoms with Crippen LogP contribution in [-0.4, -0.2) is 28.5 Å². The van der Waals surface area contributed by atoms with E-state index in [1.54, 1.807) is 6.20 Å². The molecular formula is C14H10ClN3O2. The molecule has 0 bridgehead atoms. The van der Waals surface area contributed by atoms with Crippen LogP contribution in [0.25, 0.3) is 0 Å². The molecule has 2 aromatic rings. The molecule has 4 rings (SSSR count). The van der Waals surface area contributed by atoms with Gasteiger partial charge in [0.15, 0.2) is 5.82 Å². The molecule has 5 nitrogen and oxygen atoms in total. The predicted molar refractivity (Wildman–Crippen MR) is 73.4 cm³/mol. The molecule has 2 aliphatic heterocycles. The molecule has 20 heavy (non-hydrogen) atoms. The van der Waals surface area contributed by atoms with Gasteiger partial charge in [-0.05, 0) is 11.6 Å². The third-order valence-corrected chi connectivity index (χ3v) is 4.13. The molecule has 2 unspecified atom stereocenters. The van der Waals surface area contributed by atoms with E-state index in [1.807, 2.05) is 24.3 Å². The van der Waals surface area contributed by atoms with Crippen molar-refractivity contribution in [2.45, 2.75) is 5.92 Å². The number of hydrogen-bond donors (Lipinski definition) is 1. The maximum Gasteiger partial charge on any atom is 0.316 e. The van der Waals surface area contributed by atoms with Crippen LogP contribution in [0.1, 0.15) is 17.0 Å². The van der Waals surface area contributed by atoms with Gasteiger partial charge in [0.1, 0.15) is 12.5 Å².